The largest absolute Gasteiger partial charge is 0.497 e. The SMILES string of the molecule is COc1ccc(C#Cc2cc(C(=O)N3Cc4ccccc4C3)ccc2OC)cc1. The van der Waals surface area contributed by atoms with Crippen LogP contribution >= 0.6 is 0 Å². The molecule has 29 heavy (non-hydrogen) atoms. The lowest BCUT2D eigenvalue weighted by Gasteiger charge is -2.16. The Kier molecular flexibility index (Phi) is 5.22. The minimum atomic E-state index is -0.00338. The van der Waals surface area contributed by atoms with Crippen LogP contribution in [0, 0.1) is 11.8 Å². The van der Waals surface area contributed by atoms with E-state index < -0.39 is 0 Å². The van der Waals surface area contributed by atoms with Crippen molar-refractivity contribution in [2.75, 3.05) is 14.2 Å². The number of hydrogen-bond donors (Lipinski definition) is 0. The number of benzene rings is 3. The van der Waals surface area contributed by atoms with Crippen molar-refractivity contribution in [3.05, 3.63) is 94.5 Å². The van der Waals surface area contributed by atoms with Crippen LogP contribution in [0.3, 0.4) is 0 Å². The molecule has 4 nitrogen and oxygen atoms in total. The monoisotopic (exact) mass is 383 g/mol. The van der Waals surface area contributed by atoms with Crippen LogP contribution in [0.2, 0.25) is 0 Å². The highest BCUT2D eigenvalue weighted by atomic mass is 16.5. The Bertz CT molecular complexity index is 1080. The predicted molar refractivity (Wildman–Crippen MR) is 112 cm³/mol. The lowest BCUT2D eigenvalue weighted by molar-refractivity contribution is 0.0751. The van der Waals surface area contributed by atoms with E-state index in [-0.39, 0.29) is 5.91 Å². The zero-order valence-corrected chi connectivity index (χ0v) is 16.4. The molecule has 3 aromatic carbocycles. The standard InChI is InChI=1S/C25H21NO3/c1-28-23-12-8-18(9-13-23)7-10-19-15-20(11-14-24(19)29-2)25(27)26-16-21-5-3-4-6-22(21)17-26/h3-6,8-9,11-15H,16-17H2,1-2H3. The molecule has 1 amide bonds. The molecule has 0 fully saturated rings. The summed E-state index contributed by atoms with van der Waals surface area (Å²) in [6.45, 7) is 1.27. The molecule has 0 atom stereocenters. The van der Waals surface area contributed by atoms with E-state index in [4.69, 9.17) is 9.47 Å². The number of nitrogens with zero attached hydrogens (tertiary/aromatic N) is 1. The molecule has 1 heterocycles. The van der Waals surface area contributed by atoms with E-state index in [2.05, 4.69) is 24.0 Å². The molecule has 4 heteroatoms. The van der Waals surface area contributed by atoms with Gasteiger partial charge in [0.05, 0.1) is 19.8 Å². The zero-order valence-electron chi connectivity index (χ0n) is 16.4. The summed E-state index contributed by atoms with van der Waals surface area (Å²) in [5, 5.41) is 0. The Morgan fingerprint density at radius 2 is 1.55 bits per heavy atom. The second-order valence-corrected chi connectivity index (χ2v) is 6.82. The van der Waals surface area contributed by atoms with Crippen molar-refractivity contribution in [1.82, 2.24) is 4.90 Å². The molecule has 4 rings (SSSR count). The number of ether oxygens (including phenoxy) is 2. The average Bonchev–Trinajstić information content (AvgIpc) is 3.21. The molecule has 0 bridgehead atoms. The van der Waals surface area contributed by atoms with Crippen molar-refractivity contribution in [1.29, 1.82) is 0 Å². The van der Waals surface area contributed by atoms with E-state index in [1.54, 1.807) is 32.4 Å². The van der Waals surface area contributed by atoms with Crippen LogP contribution in [-0.2, 0) is 13.1 Å². The van der Waals surface area contributed by atoms with Gasteiger partial charge in [-0.25, -0.2) is 0 Å². The van der Waals surface area contributed by atoms with Crippen LogP contribution < -0.4 is 9.47 Å². The molecular weight excluding hydrogens is 362 g/mol. The van der Waals surface area contributed by atoms with Crippen LogP contribution in [0.15, 0.2) is 66.7 Å². The van der Waals surface area contributed by atoms with Gasteiger partial charge in [-0.2, -0.15) is 0 Å². The third-order valence-corrected chi connectivity index (χ3v) is 5.01. The molecule has 3 aromatic rings. The highest BCUT2D eigenvalue weighted by Crippen LogP contribution is 2.26. The molecule has 0 unspecified atom stereocenters. The topological polar surface area (TPSA) is 38.8 Å². The molecular formula is C25H21NO3. The first kappa shape index (κ1) is 18.6. The molecule has 1 aliphatic rings. The fourth-order valence-corrected chi connectivity index (χ4v) is 3.41. The third-order valence-electron chi connectivity index (χ3n) is 5.01. The van der Waals surface area contributed by atoms with Gasteiger partial charge in [-0.15, -0.1) is 0 Å². The highest BCUT2D eigenvalue weighted by molar-refractivity contribution is 5.95. The van der Waals surface area contributed by atoms with E-state index in [1.807, 2.05) is 41.3 Å². The molecule has 0 spiro atoms. The summed E-state index contributed by atoms with van der Waals surface area (Å²) >= 11 is 0. The summed E-state index contributed by atoms with van der Waals surface area (Å²) in [7, 11) is 3.24. The van der Waals surface area contributed by atoms with Gasteiger partial charge in [0.15, 0.2) is 0 Å². The average molecular weight is 383 g/mol. The molecule has 1 aliphatic heterocycles. The zero-order chi connectivity index (χ0) is 20.2. The second kappa shape index (κ2) is 8.12. The quantitative estimate of drug-likeness (QED) is 0.635. The summed E-state index contributed by atoms with van der Waals surface area (Å²) in [5.74, 6) is 7.69. The van der Waals surface area contributed by atoms with E-state index in [1.165, 1.54) is 11.1 Å². The van der Waals surface area contributed by atoms with Crippen molar-refractivity contribution in [3.63, 3.8) is 0 Å². The molecule has 144 valence electrons. The first-order chi connectivity index (χ1) is 14.2. The summed E-state index contributed by atoms with van der Waals surface area (Å²) < 4.78 is 10.6. The molecule has 0 radical (unpaired) electrons. The van der Waals surface area contributed by atoms with Gasteiger partial charge >= 0.3 is 0 Å². The first-order valence-electron chi connectivity index (χ1n) is 9.38. The summed E-state index contributed by atoms with van der Waals surface area (Å²) in [5.41, 5.74) is 4.56. The van der Waals surface area contributed by atoms with E-state index in [0.29, 0.717) is 30.0 Å². The van der Waals surface area contributed by atoms with E-state index >= 15 is 0 Å². The molecule has 0 saturated heterocycles. The van der Waals surface area contributed by atoms with Gasteiger partial charge in [-0.05, 0) is 53.6 Å². The first-order valence-corrected chi connectivity index (χ1v) is 9.38. The maximum absolute atomic E-state index is 13.0. The fourth-order valence-electron chi connectivity index (χ4n) is 3.41. The Hall–Kier alpha value is -3.71. The molecule has 0 saturated carbocycles. The summed E-state index contributed by atoms with van der Waals surface area (Å²) in [4.78, 5) is 14.9. The van der Waals surface area contributed by atoms with Crippen molar-refractivity contribution in [2.24, 2.45) is 0 Å². The smallest absolute Gasteiger partial charge is 0.254 e. The van der Waals surface area contributed by atoms with Crippen molar-refractivity contribution >= 4 is 5.91 Å². The Balaban J connectivity index is 1.59. The van der Waals surface area contributed by atoms with Crippen LogP contribution in [-0.4, -0.2) is 25.0 Å². The van der Waals surface area contributed by atoms with Crippen LogP contribution in [0.25, 0.3) is 0 Å². The second-order valence-electron chi connectivity index (χ2n) is 6.82. The maximum Gasteiger partial charge on any atom is 0.254 e. The van der Waals surface area contributed by atoms with Crippen molar-refractivity contribution in [2.45, 2.75) is 13.1 Å². The van der Waals surface area contributed by atoms with Crippen molar-refractivity contribution < 1.29 is 14.3 Å². The Morgan fingerprint density at radius 3 is 2.17 bits per heavy atom. The van der Waals surface area contributed by atoms with Gasteiger partial charge in [0.2, 0.25) is 0 Å². The fraction of sp³-hybridized carbons (Fsp3) is 0.160. The van der Waals surface area contributed by atoms with Gasteiger partial charge in [-0.1, -0.05) is 36.1 Å². The van der Waals surface area contributed by atoms with Gasteiger partial charge in [-0.3, -0.25) is 4.79 Å². The summed E-state index contributed by atoms with van der Waals surface area (Å²) in [6, 6.07) is 21.1. The number of amides is 1. The van der Waals surface area contributed by atoms with E-state index in [0.717, 1.165) is 11.3 Å². The van der Waals surface area contributed by atoms with Gasteiger partial charge in [0.25, 0.3) is 5.91 Å². The number of rotatable bonds is 3. The minimum absolute atomic E-state index is 0.00338. The molecule has 0 aliphatic carbocycles. The van der Waals surface area contributed by atoms with Crippen LogP contribution in [0.4, 0.5) is 0 Å². The number of carbonyl (C=O) groups excluding carboxylic acids is 1. The Morgan fingerprint density at radius 1 is 0.862 bits per heavy atom. The molecule has 0 aromatic heterocycles. The lowest BCUT2D eigenvalue weighted by Crippen LogP contribution is -2.25. The van der Waals surface area contributed by atoms with Crippen LogP contribution in [0.5, 0.6) is 11.5 Å². The minimum Gasteiger partial charge on any atom is -0.497 e. The maximum atomic E-state index is 13.0. The van der Waals surface area contributed by atoms with Gasteiger partial charge in [0, 0.05) is 24.2 Å². The number of hydrogen-bond acceptors (Lipinski definition) is 3. The normalized spacial score (nSPS) is 12.0. The third kappa shape index (κ3) is 3.95. The number of fused-ring (bicyclic) bond motifs is 1. The lowest BCUT2D eigenvalue weighted by atomic mass is 10.1. The van der Waals surface area contributed by atoms with Crippen LogP contribution in [0.1, 0.15) is 32.6 Å². The van der Waals surface area contributed by atoms with Gasteiger partial charge < -0.3 is 14.4 Å². The predicted octanol–water partition coefficient (Wildman–Crippen LogP) is 4.26. The molecule has 0 N–H and O–H groups in total. The van der Waals surface area contributed by atoms with Crippen molar-refractivity contribution in [3.8, 4) is 23.3 Å². The number of carbonyl (C=O) groups is 1. The highest BCUT2D eigenvalue weighted by Gasteiger charge is 2.24. The van der Waals surface area contributed by atoms with E-state index in [9.17, 15) is 4.79 Å². The number of methoxy groups -OCH3 is 2. The Labute approximate surface area is 170 Å². The van der Waals surface area contributed by atoms with Gasteiger partial charge in [0.1, 0.15) is 11.5 Å². The summed E-state index contributed by atoms with van der Waals surface area (Å²) in [6.07, 6.45) is 0.